The molecule has 0 fully saturated rings. The van der Waals surface area contributed by atoms with Crippen molar-refractivity contribution in [3.05, 3.63) is 102 Å². The monoisotopic (exact) mass is 438 g/mol. The zero-order chi connectivity index (χ0) is 23.2. The number of nitrogens with one attached hydrogen (secondary N) is 1. The van der Waals surface area contributed by atoms with Gasteiger partial charge in [-0.1, -0.05) is 60.7 Å². The van der Waals surface area contributed by atoms with Crippen molar-refractivity contribution in [3.8, 4) is 28.3 Å². The van der Waals surface area contributed by atoms with Gasteiger partial charge in [0.15, 0.2) is 0 Å². The van der Waals surface area contributed by atoms with E-state index >= 15 is 0 Å². The smallest absolute Gasteiger partial charge is 0.339 e. The number of aromatic carboxylic acids is 1. The van der Waals surface area contributed by atoms with Gasteiger partial charge in [0.2, 0.25) is 5.82 Å². The first-order valence-corrected chi connectivity index (χ1v) is 9.91. The molecule has 33 heavy (non-hydrogen) atoms. The lowest BCUT2D eigenvalue weighted by Crippen LogP contribution is -2.21. The molecule has 0 atom stereocenters. The van der Waals surface area contributed by atoms with Gasteiger partial charge in [0.05, 0.1) is 17.6 Å². The highest BCUT2D eigenvalue weighted by atomic mass is 16.4. The number of carbonyl (C=O) groups excluding carboxylic acids is 1. The average Bonchev–Trinajstić information content (AvgIpc) is 2.85. The molecule has 3 N–H and O–H groups in total. The maximum Gasteiger partial charge on any atom is 0.339 e. The standard InChI is InChI=1S/C25H18N4O4/c30-22-12-11-16(13-19(22)25(32)33)15-26-29-24(31)23-27-20(17-7-3-1-4-8-17)14-21(28-23)18-9-5-2-6-10-18/h1-15,30H,(H,29,31)(H,32,33)/b26-15-. The highest BCUT2D eigenvalue weighted by Gasteiger charge is 2.14. The van der Waals surface area contributed by atoms with Gasteiger partial charge in [-0.15, -0.1) is 0 Å². The third kappa shape index (κ3) is 5.08. The SMILES string of the molecule is O=C(N/N=C\c1ccc(O)c(C(=O)O)c1)c1nc(-c2ccccc2)cc(-c2ccccc2)n1. The molecule has 4 rings (SSSR count). The van der Waals surface area contributed by atoms with Gasteiger partial charge in [-0.05, 0) is 29.8 Å². The average molecular weight is 438 g/mol. The zero-order valence-corrected chi connectivity index (χ0v) is 17.2. The van der Waals surface area contributed by atoms with Crippen LogP contribution in [-0.2, 0) is 0 Å². The van der Waals surface area contributed by atoms with Crippen LogP contribution >= 0.6 is 0 Å². The summed E-state index contributed by atoms with van der Waals surface area (Å²) in [6.45, 7) is 0. The molecule has 0 aliphatic heterocycles. The van der Waals surface area contributed by atoms with Crippen LogP contribution in [0, 0.1) is 0 Å². The molecule has 1 heterocycles. The molecule has 0 aliphatic rings. The van der Waals surface area contributed by atoms with Crippen molar-refractivity contribution in [1.29, 1.82) is 0 Å². The van der Waals surface area contributed by atoms with Crippen molar-refractivity contribution in [2.24, 2.45) is 5.10 Å². The number of aromatic nitrogens is 2. The van der Waals surface area contributed by atoms with Crippen LogP contribution in [0.5, 0.6) is 5.75 Å². The minimum Gasteiger partial charge on any atom is -0.507 e. The number of carbonyl (C=O) groups is 2. The Hall–Kier alpha value is -4.85. The number of aromatic hydroxyl groups is 1. The topological polar surface area (TPSA) is 125 Å². The molecule has 1 aromatic heterocycles. The summed E-state index contributed by atoms with van der Waals surface area (Å²) >= 11 is 0. The minimum atomic E-state index is -1.27. The number of rotatable bonds is 6. The first-order valence-electron chi connectivity index (χ1n) is 9.91. The summed E-state index contributed by atoms with van der Waals surface area (Å²) in [5.41, 5.74) is 5.32. The Morgan fingerprint density at radius 2 is 1.39 bits per heavy atom. The third-order valence-electron chi connectivity index (χ3n) is 4.70. The number of carboxylic acid groups (broad SMARTS) is 1. The van der Waals surface area contributed by atoms with Gasteiger partial charge < -0.3 is 10.2 Å². The fourth-order valence-corrected chi connectivity index (χ4v) is 3.08. The van der Waals surface area contributed by atoms with Gasteiger partial charge in [0.1, 0.15) is 11.3 Å². The van der Waals surface area contributed by atoms with Gasteiger partial charge in [-0.25, -0.2) is 20.2 Å². The summed E-state index contributed by atoms with van der Waals surface area (Å²) in [6, 6.07) is 24.6. The molecule has 0 bridgehead atoms. The van der Waals surface area contributed by atoms with Crippen LogP contribution in [0.1, 0.15) is 26.5 Å². The Labute approximate surface area is 188 Å². The van der Waals surface area contributed by atoms with Crippen LogP contribution in [0.15, 0.2) is 90.0 Å². The quantitative estimate of drug-likeness (QED) is 0.309. The van der Waals surface area contributed by atoms with E-state index in [4.69, 9.17) is 5.11 Å². The van der Waals surface area contributed by atoms with Crippen molar-refractivity contribution in [3.63, 3.8) is 0 Å². The lowest BCUT2D eigenvalue weighted by Gasteiger charge is -2.08. The van der Waals surface area contributed by atoms with Crippen LogP contribution in [0.3, 0.4) is 0 Å². The molecular weight excluding hydrogens is 420 g/mol. The predicted molar refractivity (Wildman–Crippen MR) is 123 cm³/mol. The fraction of sp³-hybridized carbons (Fsp3) is 0. The number of hydrazone groups is 1. The second-order valence-electron chi connectivity index (χ2n) is 6.97. The van der Waals surface area contributed by atoms with E-state index in [0.29, 0.717) is 17.0 Å². The van der Waals surface area contributed by atoms with E-state index in [2.05, 4.69) is 20.5 Å². The summed E-state index contributed by atoms with van der Waals surface area (Å²) in [5.74, 6) is -2.32. The van der Waals surface area contributed by atoms with Crippen LogP contribution in [0.4, 0.5) is 0 Å². The molecule has 4 aromatic rings. The Morgan fingerprint density at radius 1 is 0.818 bits per heavy atom. The predicted octanol–water partition coefficient (Wildman–Crippen LogP) is 3.98. The van der Waals surface area contributed by atoms with E-state index in [1.165, 1.54) is 24.4 Å². The van der Waals surface area contributed by atoms with Crippen molar-refractivity contribution < 1.29 is 19.8 Å². The Balaban J connectivity index is 1.62. The largest absolute Gasteiger partial charge is 0.507 e. The van der Waals surface area contributed by atoms with Crippen LogP contribution in [0.2, 0.25) is 0 Å². The lowest BCUT2D eigenvalue weighted by atomic mass is 10.1. The maximum atomic E-state index is 12.7. The molecule has 8 nitrogen and oxygen atoms in total. The van der Waals surface area contributed by atoms with E-state index in [-0.39, 0.29) is 17.1 Å². The molecule has 1 amide bonds. The number of nitrogens with zero attached hydrogens (tertiary/aromatic N) is 3. The van der Waals surface area contributed by atoms with Crippen LogP contribution in [-0.4, -0.2) is 38.3 Å². The van der Waals surface area contributed by atoms with Crippen LogP contribution < -0.4 is 5.43 Å². The van der Waals surface area contributed by atoms with E-state index in [9.17, 15) is 14.7 Å². The second-order valence-corrected chi connectivity index (χ2v) is 6.97. The molecular formula is C25H18N4O4. The summed E-state index contributed by atoms with van der Waals surface area (Å²) in [7, 11) is 0. The van der Waals surface area contributed by atoms with Crippen molar-refractivity contribution in [2.75, 3.05) is 0 Å². The molecule has 3 aromatic carbocycles. The molecule has 0 saturated heterocycles. The van der Waals surface area contributed by atoms with Gasteiger partial charge in [0.25, 0.3) is 0 Å². The molecule has 0 radical (unpaired) electrons. The van der Waals surface area contributed by atoms with Crippen LogP contribution in [0.25, 0.3) is 22.5 Å². The normalized spacial score (nSPS) is 10.8. The third-order valence-corrected chi connectivity index (χ3v) is 4.70. The van der Waals surface area contributed by atoms with Crippen molar-refractivity contribution in [2.45, 2.75) is 0 Å². The summed E-state index contributed by atoms with van der Waals surface area (Å²) in [4.78, 5) is 32.7. The summed E-state index contributed by atoms with van der Waals surface area (Å²) in [6.07, 6.45) is 1.27. The highest BCUT2D eigenvalue weighted by molar-refractivity contribution is 5.95. The molecule has 0 spiro atoms. The maximum absolute atomic E-state index is 12.7. The first-order chi connectivity index (χ1) is 16.0. The van der Waals surface area contributed by atoms with E-state index < -0.39 is 11.9 Å². The molecule has 0 unspecified atom stereocenters. The van der Waals surface area contributed by atoms with Crippen molar-refractivity contribution >= 4 is 18.1 Å². The van der Waals surface area contributed by atoms with E-state index in [1.807, 2.05) is 66.7 Å². The number of hydrogen-bond donors (Lipinski definition) is 3. The Morgan fingerprint density at radius 3 is 1.94 bits per heavy atom. The highest BCUT2D eigenvalue weighted by Crippen LogP contribution is 2.23. The second kappa shape index (κ2) is 9.52. The van der Waals surface area contributed by atoms with Gasteiger partial charge >= 0.3 is 11.9 Å². The Bertz CT molecular complexity index is 1280. The van der Waals surface area contributed by atoms with Gasteiger partial charge in [-0.3, -0.25) is 4.79 Å². The number of carboxylic acids is 1. The Kier molecular flexibility index (Phi) is 6.17. The minimum absolute atomic E-state index is 0.0655. The number of amides is 1. The number of hydrogen-bond acceptors (Lipinski definition) is 6. The molecule has 0 aliphatic carbocycles. The number of benzene rings is 3. The fourth-order valence-electron chi connectivity index (χ4n) is 3.08. The van der Waals surface area contributed by atoms with Gasteiger partial charge in [-0.2, -0.15) is 5.10 Å². The first kappa shape index (κ1) is 21.4. The zero-order valence-electron chi connectivity index (χ0n) is 17.2. The van der Waals surface area contributed by atoms with E-state index in [0.717, 1.165) is 11.1 Å². The van der Waals surface area contributed by atoms with Crippen molar-refractivity contribution in [1.82, 2.24) is 15.4 Å². The lowest BCUT2D eigenvalue weighted by molar-refractivity contribution is 0.0693. The van der Waals surface area contributed by atoms with E-state index in [1.54, 1.807) is 0 Å². The van der Waals surface area contributed by atoms with Gasteiger partial charge in [0, 0.05) is 11.1 Å². The molecule has 0 saturated carbocycles. The molecule has 162 valence electrons. The molecule has 8 heteroatoms. The summed E-state index contributed by atoms with van der Waals surface area (Å²) < 4.78 is 0. The number of phenols is 1. The summed E-state index contributed by atoms with van der Waals surface area (Å²) in [5, 5.41) is 22.6.